The Labute approximate surface area is 88.6 Å². The molecule has 3 aliphatic rings. The zero-order valence-corrected chi connectivity index (χ0v) is 9.17. The average molecular weight is 218 g/mol. The zero-order valence-electron chi connectivity index (χ0n) is 9.17. The average Bonchev–Trinajstić information content (AvgIpc) is 2.20. The van der Waals surface area contributed by atoms with Gasteiger partial charge in [-0.2, -0.15) is 0 Å². The quantitative estimate of drug-likeness (QED) is 0.568. The van der Waals surface area contributed by atoms with Gasteiger partial charge in [0.2, 0.25) is 5.79 Å². The molecule has 0 aromatic rings. The molecule has 5 nitrogen and oxygen atoms in total. The van der Waals surface area contributed by atoms with E-state index in [1.807, 2.05) is 13.8 Å². The van der Waals surface area contributed by atoms with Crippen LogP contribution in [0.15, 0.2) is 0 Å². The Morgan fingerprint density at radius 2 is 1.93 bits per heavy atom. The Morgan fingerprint density at radius 3 is 2.33 bits per heavy atom. The van der Waals surface area contributed by atoms with Crippen molar-refractivity contribution in [3.8, 4) is 0 Å². The van der Waals surface area contributed by atoms with Crippen LogP contribution in [0, 0.1) is 5.92 Å². The monoisotopic (exact) mass is 218 g/mol. The molecule has 3 rings (SSSR count). The highest BCUT2D eigenvalue weighted by Gasteiger charge is 2.72. The summed E-state index contributed by atoms with van der Waals surface area (Å²) in [6.45, 7) is 5.06. The molecule has 3 fully saturated rings. The van der Waals surface area contributed by atoms with Gasteiger partial charge < -0.3 is 24.8 Å². The molecule has 15 heavy (non-hydrogen) atoms. The number of hydrogen-bond acceptors (Lipinski definition) is 5. The topological polar surface area (TPSA) is 79.2 Å². The summed E-state index contributed by atoms with van der Waals surface area (Å²) in [5.41, 5.74) is -1.02. The van der Waals surface area contributed by atoms with Crippen molar-refractivity contribution in [3.63, 3.8) is 0 Å². The molecule has 0 aromatic carbocycles. The first-order chi connectivity index (χ1) is 6.87. The van der Waals surface area contributed by atoms with Crippen LogP contribution in [0.2, 0.25) is 0 Å². The molecule has 0 amide bonds. The predicted molar refractivity (Wildman–Crippen MR) is 51.0 cm³/mol. The summed E-state index contributed by atoms with van der Waals surface area (Å²) in [6, 6.07) is 0. The van der Waals surface area contributed by atoms with E-state index in [-0.39, 0.29) is 5.92 Å². The summed E-state index contributed by atoms with van der Waals surface area (Å²) in [7, 11) is 0. The third-order valence-electron chi connectivity index (χ3n) is 3.46. The van der Waals surface area contributed by atoms with Crippen LogP contribution in [0.1, 0.15) is 20.8 Å². The number of aliphatic hydroxyl groups excluding tert-OH is 3. The van der Waals surface area contributed by atoms with Crippen molar-refractivity contribution in [1.82, 2.24) is 0 Å². The first-order valence-electron chi connectivity index (χ1n) is 5.22. The molecular weight excluding hydrogens is 200 g/mol. The van der Waals surface area contributed by atoms with E-state index in [1.165, 1.54) is 0 Å². The molecule has 0 aliphatic carbocycles. The molecule has 0 spiro atoms. The molecule has 5 unspecified atom stereocenters. The minimum absolute atomic E-state index is 0.0987. The number of rotatable bonds is 2. The van der Waals surface area contributed by atoms with Crippen LogP contribution in [0.3, 0.4) is 0 Å². The second kappa shape index (κ2) is 3.15. The van der Waals surface area contributed by atoms with Crippen LogP contribution in [0.4, 0.5) is 0 Å². The fraction of sp³-hybridized carbons (Fsp3) is 1.00. The van der Waals surface area contributed by atoms with Crippen molar-refractivity contribution in [3.05, 3.63) is 0 Å². The molecule has 5 heteroatoms. The van der Waals surface area contributed by atoms with Crippen LogP contribution >= 0.6 is 0 Å². The summed E-state index contributed by atoms with van der Waals surface area (Å²) in [5, 5.41) is 29.0. The minimum atomic E-state index is -1.33. The predicted octanol–water partition coefficient (Wildman–Crippen LogP) is -0.760. The zero-order chi connectivity index (χ0) is 11.4. The smallest absolute Gasteiger partial charge is 0.222 e. The highest BCUT2D eigenvalue weighted by Crippen LogP contribution is 2.51. The SMILES string of the molecule is CC(C)C1OC2(CO)OC(C)(C1O)C2O. The van der Waals surface area contributed by atoms with Gasteiger partial charge in [0.15, 0.2) is 0 Å². The van der Waals surface area contributed by atoms with Gasteiger partial charge in [-0.1, -0.05) is 13.8 Å². The summed E-state index contributed by atoms with van der Waals surface area (Å²) >= 11 is 0. The maximum absolute atomic E-state index is 9.99. The van der Waals surface area contributed by atoms with Crippen molar-refractivity contribution in [1.29, 1.82) is 0 Å². The van der Waals surface area contributed by atoms with Gasteiger partial charge in [0.05, 0.1) is 6.10 Å². The summed E-state index contributed by atoms with van der Waals surface area (Å²) in [6.07, 6.45) is -2.28. The lowest BCUT2D eigenvalue weighted by Crippen LogP contribution is -2.84. The van der Waals surface area contributed by atoms with E-state index >= 15 is 0 Å². The second-order valence-electron chi connectivity index (χ2n) is 4.93. The normalized spacial score (nSPS) is 54.2. The van der Waals surface area contributed by atoms with E-state index in [0.29, 0.717) is 0 Å². The fourth-order valence-corrected chi connectivity index (χ4v) is 2.45. The van der Waals surface area contributed by atoms with Crippen LogP contribution in [-0.2, 0) is 9.47 Å². The first-order valence-corrected chi connectivity index (χ1v) is 5.22. The molecule has 3 saturated heterocycles. The molecule has 0 saturated carbocycles. The first kappa shape index (κ1) is 11.3. The van der Waals surface area contributed by atoms with Gasteiger partial charge in [-0.05, 0) is 12.8 Å². The Bertz CT molecular complexity index is 265. The van der Waals surface area contributed by atoms with Gasteiger partial charge in [0.25, 0.3) is 0 Å². The van der Waals surface area contributed by atoms with Crippen molar-refractivity contribution >= 4 is 0 Å². The van der Waals surface area contributed by atoms with Gasteiger partial charge in [0, 0.05) is 0 Å². The van der Waals surface area contributed by atoms with Crippen LogP contribution in [0.5, 0.6) is 0 Å². The highest BCUT2D eigenvalue weighted by molar-refractivity contribution is 5.15. The van der Waals surface area contributed by atoms with Crippen molar-refractivity contribution in [2.24, 2.45) is 5.92 Å². The van der Waals surface area contributed by atoms with Crippen molar-refractivity contribution < 1.29 is 24.8 Å². The van der Waals surface area contributed by atoms with E-state index in [2.05, 4.69) is 0 Å². The van der Waals surface area contributed by atoms with Gasteiger partial charge >= 0.3 is 0 Å². The fourth-order valence-electron chi connectivity index (χ4n) is 2.45. The highest BCUT2D eigenvalue weighted by atomic mass is 16.8. The molecule has 2 bridgehead atoms. The van der Waals surface area contributed by atoms with Gasteiger partial charge in [-0.15, -0.1) is 0 Å². The Hall–Kier alpha value is -0.200. The molecular formula is C10H18O5. The van der Waals surface area contributed by atoms with Crippen LogP contribution < -0.4 is 0 Å². The summed E-state index contributed by atoms with van der Waals surface area (Å²) in [5.74, 6) is -1.23. The summed E-state index contributed by atoms with van der Waals surface area (Å²) in [4.78, 5) is 0. The number of hydrogen-bond donors (Lipinski definition) is 3. The third kappa shape index (κ3) is 1.21. The van der Waals surface area contributed by atoms with E-state index in [9.17, 15) is 10.2 Å². The molecule has 3 aliphatic heterocycles. The van der Waals surface area contributed by atoms with Gasteiger partial charge in [-0.25, -0.2) is 0 Å². The molecule has 0 aromatic heterocycles. The molecule has 3 heterocycles. The Balaban J connectivity index is 2.26. The molecule has 0 radical (unpaired) electrons. The van der Waals surface area contributed by atoms with Crippen LogP contribution in [0.25, 0.3) is 0 Å². The van der Waals surface area contributed by atoms with E-state index < -0.39 is 36.3 Å². The summed E-state index contributed by atoms with van der Waals surface area (Å²) < 4.78 is 10.8. The minimum Gasteiger partial charge on any atom is -0.391 e. The number of aliphatic hydroxyl groups is 3. The van der Waals surface area contributed by atoms with Crippen molar-refractivity contribution in [2.45, 2.75) is 50.5 Å². The number of fused-ring (bicyclic) bond motifs is 2. The van der Waals surface area contributed by atoms with Crippen molar-refractivity contribution in [2.75, 3.05) is 6.61 Å². The maximum Gasteiger partial charge on any atom is 0.222 e. The molecule has 5 atom stereocenters. The Morgan fingerprint density at radius 1 is 1.33 bits per heavy atom. The van der Waals surface area contributed by atoms with Gasteiger partial charge in [-0.3, -0.25) is 0 Å². The largest absolute Gasteiger partial charge is 0.391 e. The second-order valence-corrected chi connectivity index (χ2v) is 4.93. The molecule has 3 N–H and O–H groups in total. The Kier molecular flexibility index (Phi) is 2.37. The third-order valence-corrected chi connectivity index (χ3v) is 3.46. The standard InChI is InChI=1S/C10H18O5/c1-5(2)6-7(12)9(3)8(13)10(4-11,14-6)15-9/h5-8,11-13H,4H2,1-3H3. The van der Waals surface area contributed by atoms with E-state index in [1.54, 1.807) is 6.92 Å². The number of ether oxygens (including phenoxy) is 2. The molecule has 88 valence electrons. The lowest BCUT2D eigenvalue weighted by atomic mass is 9.73. The van der Waals surface area contributed by atoms with E-state index in [0.717, 1.165) is 0 Å². The van der Waals surface area contributed by atoms with Crippen LogP contribution in [-0.4, -0.2) is 51.6 Å². The van der Waals surface area contributed by atoms with Gasteiger partial charge in [0.1, 0.15) is 24.4 Å². The lowest BCUT2D eigenvalue weighted by Gasteiger charge is -2.65. The lowest BCUT2D eigenvalue weighted by molar-refractivity contribution is -0.512. The maximum atomic E-state index is 9.99. The van der Waals surface area contributed by atoms with E-state index in [4.69, 9.17) is 14.6 Å².